The average Bonchev–Trinajstić information content (AvgIpc) is 3.01. The number of amides is 1. The molecule has 0 unspecified atom stereocenters. The van der Waals surface area contributed by atoms with E-state index < -0.39 is 0 Å². The first kappa shape index (κ1) is 14.4. The van der Waals surface area contributed by atoms with E-state index in [1.807, 2.05) is 23.5 Å². The lowest BCUT2D eigenvalue weighted by atomic mass is 9.95. The van der Waals surface area contributed by atoms with E-state index in [9.17, 15) is 4.79 Å². The molecule has 1 aromatic heterocycles. The van der Waals surface area contributed by atoms with E-state index in [1.165, 1.54) is 4.88 Å². The van der Waals surface area contributed by atoms with E-state index in [1.54, 1.807) is 11.3 Å². The zero-order chi connectivity index (χ0) is 13.8. The Bertz CT molecular complexity index is 424. The number of hydrogen-bond acceptors (Lipinski definition) is 5. The van der Waals surface area contributed by atoms with Crippen LogP contribution in [0.4, 0.5) is 0 Å². The zero-order valence-corrected chi connectivity index (χ0v) is 13.3. The molecule has 1 amide bonds. The van der Waals surface area contributed by atoms with Crippen molar-refractivity contribution in [3.05, 3.63) is 16.6 Å². The molecule has 0 aliphatic carbocycles. The van der Waals surface area contributed by atoms with Crippen molar-refractivity contribution in [2.45, 2.75) is 19.4 Å². The second kappa shape index (κ2) is 6.91. The Hall–Kier alpha value is -0.590. The minimum atomic E-state index is 0.260. The predicted octanol–water partition coefficient (Wildman–Crippen LogP) is 1.93. The van der Waals surface area contributed by atoms with Crippen molar-refractivity contribution in [3.63, 3.8) is 0 Å². The molecule has 20 heavy (non-hydrogen) atoms. The first-order valence-electron chi connectivity index (χ1n) is 7.29. The molecule has 2 aliphatic heterocycles. The molecule has 0 saturated carbocycles. The van der Waals surface area contributed by atoms with E-state index in [4.69, 9.17) is 0 Å². The van der Waals surface area contributed by atoms with Crippen LogP contribution >= 0.6 is 23.1 Å². The van der Waals surface area contributed by atoms with Crippen molar-refractivity contribution in [3.8, 4) is 0 Å². The maximum atomic E-state index is 12.5. The molecule has 2 aliphatic rings. The number of rotatable bonds is 3. The van der Waals surface area contributed by atoms with Gasteiger partial charge in [0.2, 0.25) is 5.91 Å². The van der Waals surface area contributed by atoms with Crippen LogP contribution in [0, 0.1) is 5.92 Å². The van der Waals surface area contributed by atoms with E-state index in [-0.39, 0.29) is 5.92 Å². The van der Waals surface area contributed by atoms with Gasteiger partial charge in [-0.25, -0.2) is 0 Å². The lowest BCUT2D eigenvalue weighted by molar-refractivity contribution is -0.136. The largest absolute Gasteiger partial charge is 0.341 e. The summed E-state index contributed by atoms with van der Waals surface area (Å²) >= 11 is 3.67. The highest BCUT2D eigenvalue weighted by Gasteiger charge is 2.29. The van der Waals surface area contributed by atoms with Gasteiger partial charge in [0.1, 0.15) is 0 Å². The van der Waals surface area contributed by atoms with Crippen LogP contribution in [0.5, 0.6) is 0 Å². The SMILES string of the molecule is O=C(C1CCN(Cc2cncs2)CC1)N1CCSCC1. The zero-order valence-electron chi connectivity index (χ0n) is 11.7. The van der Waals surface area contributed by atoms with Gasteiger partial charge < -0.3 is 4.90 Å². The summed E-state index contributed by atoms with van der Waals surface area (Å²) in [5, 5.41) is 0. The second-order valence-electron chi connectivity index (χ2n) is 5.46. The van der Waals surface area contributed by atoms with Crippen LogP contribution in [-0.2, 0) is 11.3 Å². The van der Waals surface area contributed by atoms with Crippen LogP contribution in [0.15, 0.2) is 11.7 Å². The maximum absolute atomic E-state index is 12.5. The average molecular weight is 311 g/mol. The molecule has 0 aromatic carbocycles. The van der Waals surface area contributed by atoms with Gasteiger partial charge in [0.25, 0.3) is 0 Å². The number of nitrogens with zero attached hydrogens (tertiary/aromatic N) is 3. The Morgan fingerprint density at radius 1 is 1.25 bits per heavy atom. The predicted molar refractivity (Wildman–Crippen MR) is 84.0 cm³/mol. The van der Waals surface area contributed by atoms with Gasteiger partial charge in [-0.05, 0) is 25.9 Å². The molecular weight excluding hydrogens is 290 g/mol. The monoisotopic (exact) mass is 311 g/mol. The van der Waals surface area contributed by atoms with Crippen molar-refractivity contribution in [2.24, 2.45) is 5.92 Å². The highest BCUT2D eigenvalue weighted by atomic mass is 32.2. The molecular formula is C14H21N3OS2. The van der Waals surface area contributed by atoms with Gasteiger partial charge in [-0.1, -0.05) is 0 Å². The third-order valence-corrected chi connectivity index (χ3v) is 5.83. The normalized spacial score (nSPS) is 22.1. The molecule has 1 aromatic rings. The van der Waals surface area contributed by atoms with E-state index >= 15 is 0 Å². The van der Waals surface area contributed by atoms with Crippen molar-refractivity contribution in [1.82, 2.24) is 14.8 Å². The standard InChI is InChI=1S/C14H21N3OS2/c18-14(17-5-7-19-8-6-17)12-1-3-16(4-2-12)10-13-9-15-11-20-13/h9,11-12H,1-8,10H2. The van der Waals surface area contributed by atoms with Gasteiger partial charge in [0, 0.05) is 48.1 Å². The number of likely N-dealkylation sites (tertiary alicyclic amines) is 1. The third-order valence-electron chi connectivity index (χ3n) is 4.12. The molecule has 0 radical (unpaired) electrons. The maximum Gasteiger partial charge on any atom is 0.225 e. The topological polar surface area (TPSA) is 36.4 Å². The smallest absolute Gasteiger partial charge is 0.225 e. The summed E-state index contributed by atoms with van der Waals surface area (Å²) in [6.45, 7) is 4.97. The Morgan fingerprint density at radius 3 is 2.65 bits per heavy atom. The number of piperidine rings is 1. The van der Waals surface area contributed by atoms with Gasteiger partial charge >= 0.3 is 0 Å². The van der Waals surface area contributed by atoms with E-state index in [0.717, 1.165) is 57.1 Å². The minimum Gasteiger partial charge on any atom is -0.341 e. The van der Waals surface area contributed by atoms with Crippen molar-refractivity contribution in [1.29, 1.82) is 0 Å². The van der Waals surface area contributed by atoms with Crippen molar-refractivity contribution >= 4 is 29.0 Å². The van der Waals surface area contributed by atoms with Crippen LogP contribution in [0.2, 0.25) is 0 Å². The molecule has 2 saturated heterocycles. The fraction of sp³-hybridized carbons (Fsp3) is 0.714. The Labute approximate surface area is 128 Å². The molecule has 110 valence electrons. The summed E-state index contributed by atoms with van der Waals surface area (Å²) in [5.74, 6) is 2.88. The van der Waals surface area contributed by atoms with E-state index in [0.29, 0.717) is 5.91 Å². The molecule has 3 rings (SSSR count). The highest BCUT2D eigenvalue weighted by molar-refractivity contribution is 7.99. The van der Waals surface area contributed by atoms with Gasteiger partial charge in [0.15, 0.2) is 0 Å². The lowest BCUT2D eigenvalue weighted by Gasteiger charge is -2.35. The lowest BCUT2D eigenvalue weighted by Crippen LogP contribution is -2.45. The molecule has 0 N–H and O–H groups in total. The Balaban J connectivity index is 1.46. The first-order valence-corrected chi connectivity index (χ1v) is 9.32. The van der Waals surface area contributed by atoms with Gasteiger partial charge in [-0.15, -0.1) is 11.3 Å². The van der Waals surface area contributed by atoms with Gasteiger partial charge in [-0.2, -0.15) is 11.8 Å². The molecule has 3 heterocycles. The molecule has 0 bridgehead atoms. The van der Waals surface area contributed by atoms with Crippen molar-refractivity contribution < 1.29 is 4.79 Å². The minimum absolute atomic E-state index is 0.260. The summed E-state index contributed by atoms with van der Waals surface area (Å²) < 4.78 is 0. The Kier molecular flexibility index (Phi) is 4.96. The molecule has 0 atom stereocenters. The third kappa shape index (κ3) is 3.54. The van der Waals surface area contributed by atoms with Gasteiger partial charge in [-0.3, -0.25) is 14.7 Å². The second-order valence-corrected chi connectivity index (χ2v) is 7.65. The number of aromatic nitrogens is 1. The summed E-state index contributed by atoms with van der Waals surface area (Å²) in [4.78, 5) is 22.4. The number of thiazole rings is 1. The molecule has 2 fully saturated rings. The summed E-state index contributed by atoms with van der Waals surface area (Å²) in [6.07, 6.45) is 3.98. The van der Waals surface area contributed by atoms with Crippen LogP contribution in [-0.4, -0.2) is 58.4 Å². The number of hydrogen-bond donors (Lipinski definition) is 0. The van der Waals surface area contributed by atoms with Crippen LogP contribution in [0.1, 0.15) is 17.7 Å². The highest BCUT2D eigenvalue weighted by Crippen LogP contribution is 2.23. The first-order chi connectivity index (χ1) is 9.83. The van der Waals surface area contributed by atoms with Crippen LogP contribution < -0.4 is 0 Å². The summed E-state index contributed by atoms with van der Waals surface area (Å²) in [6, 6.07) is 0. The van der Waals surface area contributed by atoms with Crippen molar-refractivity contribution in [2.75, 3.05) is 37.7 Å². The van der Waals surface area contributed by atoms with Gasteiger partial charge in [0.05, 0.1) is 5.51 Å². The fourth-order valence-corrected chi connectivity index (χ4v) is 4.46. The molecule has 6 heteroatoms. The summed E-state index contributed by atoms with van der Waals surface area (Å²) in [5.41, 5.74) is 1.89. The fourth-order valence-electron chi connectivity index (χ4n) is 2.92. The number of thioether (sulfide) groups is 1. The number of carbonyl (C=O) groups excluding carboxylic acids is 1. The Morgan fingerprint density at radius 2 is 2.00 bits per heavy atom. The molecule has 4 nitrogen and oxygen atoms in total. The number of carbonyl (C=O) groups is 1. The van der Waals surface area contributed by atoms with Crippen LogP contribution in [0.25, 0.3) is 0 Å². The summed E-state index contributed by atoms with van der Waals surface area (Å²) in [7, 11) is 0. The molecule has 0 spiro atoms. The quantitative estimate of drug-likeness (QED) is 0.855. The van der Waals surface area contributed by atoms with E-state index in [2.05, 4.69) is 14.8 Å². The van der Waals surface area contributed by atoms with Crippen LogP contribution in [0.3, 0.4) is 0 Å².